The van der Waals surface area contributed by atoms with Crippen molar-refractivity contribution >= 4 is 40.0 Å². The zero-order valence-corrected chi connectivity index (χ0v) is 18.8. The molecule has 0 fully saturated rings. The molecular weight excluding hydrogens is 440 g/mol. The van der Waals surface area contributed by atoms with Gasteiger partial charge in [0.05, 0.1) is 23.3 Å². The molecule has 0 aliphatic rings. The monoisotopic (exact) mass is 460 g/mol. The van der Waals surface area contributed by atoms with E-state index >= 15 is 0 Å². The van der Waals surface area contributed by atoms with E-state index < -0.39 is 0 Å². The second-order valence-electron chi connectivity index (χ2n) is 7.34. The molecule has 2 aromatic carbocycles. The highest BCUT2D eigenvalue weighted by Gasteiger charge is 2.10. The lowest BCUT2D eigenvalue weighted by molar-refractivity contribution is -0.119. The summed E-state index contributed by atoms with van der Waals surface area (Å²) in [5.41, 5.74) is 3.82. The number of amides is 1. The van der Waals surface area contributed by atoms with Crippen LogP contribution in [0, 0.1) is 12.3 Å². The Morgan fingerprint density at radius 2 is 2.06 bits per heavy atom. The first-order valence-electron chi connectivity index (χ1n) is 10.1. The largest absolute Gasteiger partial charge is 0.492 e. The number of fused-ring (bicyclic) bond motifs is 1. The van der Waals surface area contributed by atoms with Crippen molar-refractivity contribution < 1.29 is 9.53 Å². The number of ether oxygens (including phenoxy) is 1. The lowest BCUT2D eigenvalue weighted by Crippen LogP contribution is -2.25. The number of hydrogen-bond acceptors (Lipinski definition) is 6. The zero-order valence-electron chi connectivity index (χ0n) is 18.1. The molecule has 166 valence electrons. The van der Waals surface area contributed by atoms with Gasteiger partial charge in [-0.05, 0) is 29.8 Å². The molecule has 4 aromatic rings. The van der Waals surface area contributed by atoms with E-state index in [9.17, 15) is 4.79 Å². The van der Waals surface area contributed by atoms with E-state index in [0.717, 1.165) is 22.2 Å². The minimum absolute atomic E-state index is 0.105. The molecule has 33 heavy (non-hydrogen) atoms. The number of halogens is 1. The number of benzene rings is 2. The normalized spacial score (nSPS) is 10.6. The maximum Gasteiger partial charge on any atom is 0.227 e. The van der Waals surface area contributed by atoms with Gasteiger partial charge in [-0.3, -0.25) is 9.48 Å². The highest BCUT2D eigenvalue weighted by molar-refractivity contribution is 6.35. The van der Waals surface area contributed by atoms with Crippen LogP contribution in [-0.2, 0) is 11.8 Å². The average molecular weight is 461 g/mol. The van der Waals surface area contributed by atoms with E-state index in [0.29, 0.717) is 41.0 Å². The molecule has 2 aromatic heterocycles. The lowest BCUT2D eigenvalue weighted by Gasteiger charge is -2.12. The molecule has 9 heteroatoms. The van der Waals surface area contributed by atoms with Gasteiger partial charge in [0.25, 0.3) is 0 Å². The van der Waals surface area contributed by atoms with Crippen molar-refractivity contribution in [3.05, 3.63) is 59.5 Å². The van der Waals surface area contributed by atoms with Gasteiger partial charge in [-0.25, -0.2) is 9.97 Å². The molecule has 0 saturated heterocycles. The van der Waals surface area contributed by atoms with E-state index in [1.165, 1.54) is 6.92 Å². The third kappa shape index (κ3) is 5.40. The molecule has 2 N–H and O–H groups in total. The van der Waals surface area contributed by atoms with Crippen molar-refractivity contribution in [3.63, 3.8) is 0 Å². The van der Waals surface area contributed by atoms with E-state index in [1.54, 1.807) is 23.1 Å². The number of terminal acetylenes is 1. The summed E-state index contributed by atoms with van der Waals surface area (Å²) in [6, 6.07) is 9.22. The number of rotatable bonds is 7. The number of hydrogen-bond donors (Lipinski definition) is 2. The summed E-state index contributed by atoms with van der Waals surface area (Å²) >= 11 is 6.37. The number of aryl methyl sites for hydroxylation is 1. The number of nitrogens with zero attached hydrogens (tertiary/aromatic N) is 4. The Morgan fingerprint density at radius 3 is 2.79 bits per heavy atom. The van der Waals surface area contributed by atoms with Crippen LogP contribution in [0.4, 0.5) is 11.6 Å². The molecule has 0 saturated carbocycles. The molecule has 0 aliphatic heterocycles. The molecule has 0 aliphatic carbocycles. The van der Waals surface area contributed by atoms with Crippen molar-refractivity contribution in [3.8, 4) is 29.2 Å². The molecule has 0 radical (unpaired) electrons. The maximum absolute atomic E-state index is 11.1. The van der Waals surface area contributed by atoms with Crippen molar-refractivity contribution in [1.29, 1.82) is 0 Å². The number of carbonyl (C=O) groups is 1. The van der Waals surface area contributed by atoms with Crippen LogP contribution in [-0.4, -0.2) is 38.8 Å². The smallest absolute Gasteiger partial charge is 0.227 e. The third-order valence-electron chi connectivity index (χ3n) is 4.75. The predicted molar refractivity (Wildman–Crippen MR) is 129 cm³/mol. The topological polar surface area (TPSA) is 94.0 Å². The van der Waals surface area contributed by atoms with Gasteiger partial charge in [0.15, 0.2) is 0 Å². The number of anilines is 2. The van der Waals surface area contributed by atoms with Crippen LogP contribution in [0.5, 0.6) is 5.75 Å². The maximum atomic E-state index is 11.1. The summed E-state index contributed by atoms with van der Waals surface area (Å²) in [5, 5.41) is 11.4. The minimum atomic E-state index is -0.105. The molecule has 1 amide bonds. The van der Waals surface area contributed by atoms with Crippen LogP contribution in [0.15, 0.2) is 48.9 Å². The van der Waals surface area contributed by atoms with Crippen LogP contribution >= 0.6 is 11.6 Å². The van der Waals surface area contributed by atoms with Gasteiger partial charge in [-0.2, -0.15) is 5.10 Å². The van der Waals surface area contributed by atoms with Crippen molar-refractivity contribution in [2.45, 2.75) is 6.92 Å². The predicted octanol–water partition coefficient (Wildman–Crippen LogP) is 3.92. The third-order valence-corrected chi connectivity index (χ3v) is 5.04. The molecule has 0 spiro atoms. The first kappa shape index (κ1) is 22.1. The van der Waals surface area contributed by atoms with Crippen LogP contribution in [0.3, 0.4) is 0 Å². The summed E-state index contributed by atoms with van der Waals surface area (Å²) in [7, 11) is 1.86. The van der Waals surface area contributed by atoms with Crippen LogP contribution < -0.4 is 15.4 Å². The Labute approximate surface area is 196 Å². The summed E-state index contributed by atoms with van der Waals surface area (Å²) in [6.45, 7) is 2.20. The minimum Gasteiger partial charge on any atom is -0.492 e. The van der Waals surface area contributed by atoms with Crippen molar-refractivity contribution in [1.82, 2.24) is 25.1 Å². The summed E-state index contributed by atoms with van der Waals surface area (Å²) in [6.07, 6.45) is 10.8. The Morgan fingerprint density at radius 1 is 1.21 bits per heavy atom. The summed E-state index contributed by atoms with van der Waals surface area (Å²) < 4.78 is 7.58. The quantitative estimate of drug-likeness (QED) is 0.320. The Bertz CT molecular complexity index is 1380. The molecule has 0 unspecified atom stereocenters. The molecule has 0 atom stereocenters. The first-order valence-corrected chi connectivity index (χ1v) is 10.5. The molecule has 2 heterocycles. The fraction of sp³-hybridized carbons (Fsp3) is 0.167. The highest BCUT2D eigenvalue weighted by atomic mass is 35.5. The zero-order chi connectivity index (χ0) is 23.4. The van der Waals surface area contributed by atoms with Crippen LogP contribution in [0.2, 0.25) is 5.02 Å². The number of nitrogens with one attached hydrogen (secondary N) is 2. The number of carbonyl (C=O) groups excluding carboxylic acids is 1. The van der Waals surface area contributed by atoms with Gasteiger partial charge < -0.3 is 15.4 Å². The second-order valence-corrected chi connectivity index (χ2v) is 7.75. The van der Waals surface area contributed by atoms with Gasteiger partial charge in [0.2, 0.25) is 11.9 Å². The Kier molecular flexibility index (Phi) is 6.43. The molecule has 8 nitrogen and oxygen atoms in total. The van der Waals surface area contributed by atoms with E-state index in [1.807, 2.05) is 37.5 Å². The standard InChI is InChI=1S/C24H21ClN6O2/c1-4-16-7-18-12-27-24(30-23(18)22(25)8-16)29-20-9-17(19-13-28-31(3)14-19)10-21(11-20)33-6-5-26-15(2)32/h1,7-14H,5-6H2,2-3H3,(H,26,32)(H,27,29,30). The van der Waals surface area contributed by atoms with Crippen LogP contribution in [0.1, 0.15) is 12.5 Å². The molecule has 0 bridgehead atoms. The van der Waals surface area contributed by atoms with E-state index in [2.05, 4.69) is 31.6 Å². The van der Waals surface area contributed by atoms with Gasteiger partial charge in [-0.1, -0.05) is 17.5 Å². The average Bonchev–Trinajstić information content (AvgIpc) is 3.23. The lowest BCUT2D eigenvalue weighted by atomic mass is 10.1. The molecular formula is C24H21ClN6O2. The Hall–Kier alpha value is -4.09. The summed E-state index contributed by atoms with van der Waals surface area (Å²) in [4.78, 5) is 20.0. The fourth-order valence-electron chi connectivity index (χ4n) is 3.26. The molecule has 4 rings (SSSR count). The first-order chi connectivity index (χ1) is 15.9. The van der Waals surface area contributed by atoms with E-state index in [-0.39, 0.29) is 5.91 Å². The number of aromatic nitrogens is 4. The SMILES string of the molecule is C#Cc1cc(Cl)c2nc(Nc3cc(OCCNC(C)=O)cc(-c4cnn(C)c4)c3)ncc2c1. The Balaban J connectivity index is 1.64. The van der Waals surface area contributed by atoms with Gasteiger partial charge >= 0.3 is 0 Å². The van der Waals surface area contributed by atoms with Gasteiger partial charge in [0.1, 0.15) is 12.4 Å². The van der Waals surface area contributed by atoms with Gasteiger partial charge in [-0.15, -0.1) is 6.42 Å². The van der Waals surface area contributed by atoms with Crippen molar-refractivity contribution in [2.75, 3.05) is 18.5 Å². The van der Waals surface area contributed by atoms with Gasteiger partial charge in [0, 0.05) is 54.6 Å². The second kappa shape index (κ2) is 9.59. The van der Waals surface area contributed by atoms with E-state index in [4.69, 9.17) is 22.8 Å². The van der Waals surface area contributed by atoms with Crippen molar-refractivity contribution in [2.24, 2.45) is 7.05 Å². The highest BCUT2D eigenvalue weighted by Crippen LogP contribution is 2.30. The van der Waals surface area contributed by atoms with Crippen LogP contribution in [0.25, 0.3) is 22.0 Å². The summed E-state index contributed by atoms with van der Waals surface area (Å²) in [5.74, 6) is 3.47. The fourth-order valence-corrected chi connectivity index (χ4v) is 3.53.